The second kappa shape index (κ2) is 11.8. The summed E-state index contributed by atoms with van der Waals surface area (Å²) in [5.74, 6) is -0.0719. The lowest BCUT2D eigenvalue weighted by Gasteiger charge is -2.35. The second-order valence-corrected chi connectivity index (χ2v) is 9.06. The molecule has 1 aromatic heterocycles. The topological polar surface area (TPSA) is 101 Å². The van der Waals surface area contributed by atoms with E-state index in [1.807, 2.05) is 20.8 Å². The zero-order chi connectivity index (χ0) is 24.7. The summed E-state index contributed by atoms with van der Waals surface area (Å²) in [5.41, 5.74) is 0.452. The highest BCUT2D eigenvalue weighted by Gasteiger charge is 2.34. The van der Waals surface area contributed by atoms with Gasteiger partial charge in [-0.05, 0) is 62.1 Å². The highest BCUT2D eigenvalue weighted by molar-refractivity contribution is 6.30. The van der Waals surface area contributed by atoms with Gasteiger partial charge in [0.2, 0.25) is 11.8 Å². The molecule has 0 aliphatic carbocycles. The predicted octanol–water partition coefficient (Wildman–Crippen LogP) is 3.77. The molecule has 3 amide bonds. The number of carbonyl (C=O) groups excluding carboxylic acids is 3. The van der Waals surface area contributed by atoms with Crippen LogP contribution in [0.1, 0.15) is 44.0 Å². The maximum absolute atomic E-state index is 13.3. The number of hydrogen-bond acceptors (Lipinski definition) is 5. The molecular formula is C25H31ClN4O4. The molecule has 0 radical (unpaired) electrons. The van der Waals surface area contributed by atoms with E-state index in [-0.39, 0.29) is 29.6 Å². The Morgan fingerprint density at radius 2 is 1.91 bits per heavy atom. The molecule has 2 heterocycles. The Kier molecular flexibility index (Phi) is 8.87. The van der Waals surface area contributed by atoms with Crippen molar-refractivity contribution < 1.29 is 19.1 Å². The van der Waals surface area contributed by atoms with Gasteiger partial charge in [0.1, 0.15) is 17.6 Å². The van der Waals surface area contributed by atoms with Crippen molar-refractivity contribution in [2.75, 3.05) is 25.0 Å². The Labute approximate surface area is 205 Å². The number of ether oxygens (including phenoxy) is 1. The van der Waals surface area contributed by atoms with Crippen LogP contribution in [-0.4, -0.2) is 53.3 Å². The third-order valence-electron chi connectivity index (χ3n) is 5.73. The number of carbonyl (C=O) groups is 3. The molecule has 0 bridgehead atoms. The van der Waals surface area contributed by atoms with E-state index < -0.39 is 6.04 Å². The number of pyridine rings is 1. The van der Waals surface area contributed by atoms with Crippen LogP contribution in [0.25, 0.3) is 0 Å². The smallest absolute Gasteiger partial charge is 0.251 e. The number of halogens is 1. The first-order valence-electron chi connectivity index (χ1n) is 11.5. The SMILES string of the molecule is CCOc1ccc(C(=O)NC(C(=O)N2CCCC(C(=O)Nc3ccc(Cl)cn3)C2)C(C)C)cc1. The van der Waals surface area contributed by atoms with Crippen LogP contribution >= 0.6 is 11.6 Å². The Morgan fingerprint density at radius 1 is 1.18 bits per heavy atom. The van der Waals surface area contributed by atoms with Crippen molar-refractivity contribution >= 4 is 35.1 Å². The van der Waals surface area contributed by atoms with Gasteiger partial charge in [0, 0.05) is 24.8 Å². The molecule has 2 atom stereocenters. The minimum Gasteiger partial charge on any atom is -0.494 e. The molecule has 8 nitrogen and oxygen atoms in total. The van der Waals surface area contributed by atoms with Crippen LogP contribution in [0.5, 0.6) is 5.75 Å². The van der Waals surface area contributed by atoms with Gasteiger partial charge in [0.05, 0.1) is 17.5 Å². The molecule has 2 unspecified atom stereocenters. The summed E-state index contributed by atoms with van der Waals surface area (Å²) in [6, 6.07) is 9.40. The van der Waals surface area contributed by atoms with E-state index in [0.29, 0.717) is 54.7 Å². The van der Waals surface area contributed by atoms with Gasteiger partial charge in [-0.15, -0.1) is 0 Å². The summed E-state index contributed by atoms with van der Waals surface area (Å²) in [6.07, 6.45) is 2.85. The minimum atomic E-state index is -0.696. The molecule has 1 aromatic carbocycles. The Balaban J connectivity index is 1.63. The van der Waals surface area contributed by atoms with Gasteiger partial charge in [-0.2, -0.15) is 0 Å². The number of aromatic nitrogens is 1. The molecule has 0 saturated carbocycles. The predicted molar refractivity (Wildman–Crippen MR) is 131 cm³/mol. The molecule has 3 rings (SSSR count). The number of likely N-dealkylation sites (tertiary alicyclic amines) is 1. The summed E-state index contributed by atoms with van der Waals surface area (Å²) >= 11 is 5.85. The molecule has 1 aliphatic rings. The van der Waals surface area contributed by atoms with E-state index in [9.17, 15) is 14.4 Å². The lowest BCUT2D eigenvalue weighted by atomic mass is 9.94. The average Bonchev–Trinajstić information content (AvgIpc) is 2.84. The van der Waals surface area contributed by atoms with Gasteiger partial charge in [-0.25, -0.2) is 4.98 Å². The van der Waals surface area contributed by atoms with Crippen LogP contribution in [0.15, 0.2) is 42.6 Å². The van der Waals surface area contributed by atoms with Crippen molar-refractivity contribution in [1.29, 1.82) is 0 Å². The van der Waals surface area contributed by atoms with Crippen LogP contribution in [0.4, 0.5) is 5.82 Å². The maximum Gasteiger partial charge on any atom is 0.251 e. The van der Waals surface area contributed by atoms with Gasteiger partial charge in [0.15, 0.2) is 0 Å². The molecule has 182 valence electrons. The van der Waals surface area contributed by atoms with Crippen molar-refractivity contribution in [3.63, 3.8) is 0 Å². The summed E-state index contributed by atoms with van der Waals surface area (Å²) in [6.45, 7) is 7.05. The summed E-state index contributed by atoms with van der Waals surface area (Å²) in [5, 5.41) is 6.15. The highest BCUT2D eigenvalue weighted by atomic mass is 35.5. The zero-order valence-corrected chi connectivity index (χ0v) is 20.5. The van der Waals surface area contributed by atoms with Crippen molar-refractivity contribution in [1.82, 2.24) is 15.2 Å². The molecule has 0 spiro atoms. The van der Waals surface area contributed by atoms with Gasteiger partial charge in [0.25, 0.3) is 5.91 Å². The quantitative estimate of drug-likeness (QED) is 0.591. The third-order valence-corrected chi connectivity index (χ3v) is 5.95. The fourth-order valence-electron chi connectivity index (χ4n) is 3.87. The van der Waals surface area contributed by atoms with E-state index in [1.54, 1.807) is 41.3 Å². The normalized spacial score (nSPS) is 16.6. The Bertz CT molecular complexity index is 995. The van der Waals surface area contributed by atoms with E-state index in [0.717, 1.165) is 0 Å². The molecule has 2 N–H and O–H groups in total. The Morgan fingerprint density at radius 3 is 2.53 bits per heavy atom. The summed E-state index contributed by atoms with van der Waals surface area (Å²) < 4.78 is 5.41. The fraction of sp³-hybridized carbons (Fsp3) is 0.440. The molecule has 1 saturated heterocycles. The number of nitrogens with zero attached hydrogens (tertiary/aromatic N) is 2. The van der Waals surface area contributed by atoms with Crippen LogP contribution in [0.2, 0.25) is 5.02 Å². The molecule has 1 aliphatic heterocycles. The lowest BCUT2D eigenvalue weighted by molar-refractivity contribution is -0.137. The fourth-order valence-corrected chi connectivity index (χ4v) is 3.99. The maximum atomic E-state index is 13.3. The number of amides is 3. The molecule has 9 heteroatoms. The summed E-state index contributed by atoms with van der Waals surface area (Å²) in [7, 11) is 0. The van der Waals surface area contributed by atoms with E-state index in [4.69, 9.17) is 16.3 Å². The monoisotopic (exact) mass is 486 g/mol. The van der Waals surface area contributed by atoms with Crippen LogP contribution < -0.4 is 15.4 Å². The number of anilines is 1. The van der Waals surface area contributed by atoms with E-state index in [1.165, 1.54) is 6.20 Å². The van der Waals surface area contributed by atoms with Crippen molar-refractivity contribution in [3.8, 4) is 5.75 Å². The molecular weight excluding hydrogens is 456 g/mol. The van der Waals surface area contributed by atoms with Crippen molar-refractivity contribution in [3.05, 3.63) is 53.2 Å². The zero-order valence-electron chi connectivity index (χ0n) is 19.7. The number of piperidine rings is 1. The van der Waals surface area contributed by atoms with Crippen LogP contribution in [0, 0.1) is 11.8 Å². The number of rotatable bonds is 8. The number of nitrogens with one attached hydrogen (secondary N) is 2. The van der Waals surface area contributed by atoms with Crippen molar-refractivity contribution in [2.45, 2.75) is 39.7 Å². The number of benzene rings is 1. The summed E-state index contributed by atoms with van der Waals surface area (Å²) in [4.78, 5) is 44.7. The average molecular weight is 487 g/mol. The molecule has 1 fully saturated rings. The first-order chi connectivity index (χ1) is 16.3. The van der Waals surface area contributed by atoms with Gasteiger partial charge < -0.3 is 20.3 Å². The Hall–Kier alpha value is -3.13. The van der Waals surface area contributed by atoms with Crippen LogP contribution in [0.3, 0.4) is 0 Å². The van der Waals surface area contributed by atoms with E-state index in [2.05, 4.69) is 15.6 Å². The second-order valence-electron chi connectivity index (χ2n) is 8.63. The first-order valence-corrected chi connectivity index (χ1v) is 11.9. The van der Waals surface area contributed by atoms with Gasteiger partial charge in [-0.3, -0.25) is 14.4 Å². The highest BCUT2D eigenvalue weighted by Crippen LogP contribution is 2.21. The van der Waals surface area contributed by atoms with Gasteiger partial charge >= 0.3 is 0 Å². The van der Waals surface area contributed by atoms with Crippen molar-refractivity contribution in [2.24, 2.45) is 11.8 Å². The van der Waals surface area contributed by atoms with Crippen LogP contribution in [-0.2, 0) is 9.59 Å². The van der Waals surface area contributed by atoms with E-state index >= 15 is 0 Å². The molecule has 34 heavy (non-hydrogen) atoms. The van der Waals surface area contributed by atoms with Gasteiger partial charge in [-0.1, -0.05) is 25.4 Å². The first kappa shape index (κ1) is 25.5. The standard InChI is InChI=1S/C25H31ClN4O4/c1-4-34-20-10-7-17(8-11-20)23(31)29-22(16(2)3)25(33)30-13-5-6-18(15-30)24(32)28-21-12-9-19(26)14-27-21/h7-12,14,16,18,22H,4-6,13,15H2,1-3H3,(H,29,31)(H,27,28,32). The molecule has 2 aromatic rings. The number of hydrogen-bond donors (Lipinski definition) is 2. The lowest BCUT2D eigenvalue weighted by Crippen LogP contribution is -2.54. The minimum absolute atomic E-state index is 0.119. The third kappa shape index (κ3) is 6.70. The largest absolute Gasteiger partial charge is 0.494 e.